The Morgan fingerprint density at radius 2 is 1.22 bits per heavy atom. The third kappa shape index (κ3) is 4.89. The average Bonchev–Trinajstić information content (AvgIpc) is 3.35. The van der Waals surface area contributed by atoms with Crippen molar-refractivity contribution in [3.8, 4) is 0 Å². The molecule has 5 heteroatoms. The monoisotopic (exact) mass is 487 g/mol. The van der Waals surface area contributed by atoms with Crippen molar-refractivity contribution in [3.05, 3.63) is 144 Å². The minimum atomic E-state index is -0.841. The maximum absolute atomic E-state index is 13.8. The highest BCUT2D eigenvalue weighted by molar-refractivity contribution is 5.89. The average molecular weight is 488 g/mol. The number of para-hydroxylation sites is 1. The predicted molar refractivity (Wildman–Crippen MR) is 147 cm³/mol. The third-order valence-corrected chi connectivity index (χ3v) is 7.00. The molecule has 0 saturated heterocycles. The lowest BCUT2D eigenvalue weighted by molar-refractivity contribution is -0.127. The number of H-pyrrole nitrogens is 1. The van der Waals surface area contributed by atoms with Gasteiger partial charge in [-0.15, -0.1) is 0 Å². The minimum Gasteiger partial charge on any atom is -0.368 e. The first kappa shape index (κ1) is 24.1. The van der Waals surface area contributed by atoms with Gasteiger partial charge in [0.2, 0.25) is 11.8 Å². The van der Waals surface area contributed by atoms with Gasteiger partial charge >= 0.3 is 0 Å². The van der Waals surface area contributed by atoms with Gasteiger partial charge < -0.3 is 16.0 Å². The molecule has 2 amide bonds. The van der Waals surface area contributed by atoms with Gasteiger partial charge in [-0.2, -0.15) is 0 Å². The highest BCUT2D eigenvalue weighted by Gasteiger charge is 2.39. The largest absolute Gasteiger partial charge is 0.368 e. The van der Waals surface area contributed by atoms with Gasteiger partial charge in [0.1, 0.15) is 6.04 Å². The van der Waals surface area contributed by atoms with Crippen molar-refractivity contribution in [2.24, 2.45) is 5.73 Å². The topological polar surface area (TPSA) is 88.0 Å². The van der Waals surface area contributed by atoms with Crippen LogP contribution < -0.4 is 11.1 Å². The van der Waals surface area contributed by atoms with E-state index in [-0.39, 0.29) is 12.3 Å². The number of fused-ring (bicyclic) bond motifs is 1. The molecule has 0 spiro atoms. The van der Waals surface area contributed by atoms with Crippen molar-refractivity contribution in [1.29, 1.82) is 0 Å². The van der Waals surface area contributed by atoms with E-state index < -0.39 is 17.4 Å². The Balaban J connectivity index is 1.51. The molecule has 5 rings (SSSR count). The predicted octanol–water partition coefficient (Wildman–Crippen LogP) is 5.11. The Labute approximate surface area is 216 Å². The Hall–Kier alpha value is -4.64. The van der Waals surface area contributed by atoms with E-state index in [1.54, 1.807) is 0 Å². The summed E-state index contributed by atoms with van der Waals surface area (Å²) < 4.78 is 0. The summed E-state index contributed by atoms with van der Waals surface area (Å²) >= 11 is 0. The molecular weight excluding hydrogens is 458 g/mol. The number of carbonyl (C=O) groups excluding carboxylic acids is 2. The first-order chi connectivity index (χ1) is 18.1. The van der Waals surface area contributed by atoms with Gasteiger partial charge in [0.05, 0.1) is 5.41 Å². The van der Waals surface area contributed by atoms with E-state index in [4.69, 9.17) is 5.73 Å². The molecule has 5 aromatic rings. The number of benzene rings is 4. The van der Waals surface area contributed by atoms with Crippen LogP contribution in [0.4, 0.5) is 0 Å². The Bertz CT molecular complexity index is 1400. The molecule has 1 atom stereocenters. The van der Waals surface area contributed by atoms with Gasteiger partial charge in [-0.3, -0.25) is 9.59 Å². The van der Waals surface area contributed by atoms with Gasteiger partial charge in [0.15, 0.2) is 0 Å². The van der Waals surface area contributed by atoms with Gasteiger partial charge in [0.25, 0.3) is 0 Å². The van der Waals surface area contributed by atoms with Gasteiger partial charge in [-0.1, -0.05) is 109 Å². The lowest BCUT2D eigenvalue weighted by Gasteiger charge is -2.36. The van der Waals surface area contributed by atoms with E-state index in [2.05, 4.69) is 10.3 Å². The quantitative estimate of drug-likeness (QED) is 0.253. The normalized spacial score (nSPS) is 12.2. The Morgan fingerprint density at radius 1 is 0.730 bits per heavy atom. The first-order valence-electron chi connectivity index (χ1n) is 12.4. The van der Waals surface area contributed by atoms with Crippen LogP contribution >= 0.6 is 0 Å². The Kier molecular flexibility index (Phi) is 6.86. The maximum atomic E-state index is 13.8. The lowest BCUT2D eigenvalue weighted by atomic mass is 9.67. The number of primary amides is 1. The summed E-state index contributed by atoms with van der Waals surface area (Å²) in [5, 5.41) is 3.97. The lowest BCUT2D eigenvalue weighted by Crippen LogP contribution is -2.48. The molecule has 0 bridgehead atoms. The summed E-state index contributed by atoms with van der Waals surface area (Å²) in [6, 6.07) is 37.1. The van der Waals surface area contributed by atoms with Crippen LogP contribution in [0.2, 0.25) is 0 Å². The van der Waals surface area contributed by atoms with Crippen molar-refractivity contribution in [3.63, 3.8) is 0 Å². The summed E-state index contributed by atoms with van der Waals surface area (Å²) in [5.74, 6) is -0.816. The van der Waals surface area contributed by atoms with Crippen molar-refractivity contribution < 1.29 is 9.59 Å². The summed E-state index contributed by atoms with van der Waals surface area (Å²) in [5.41, 5.74) is 9.92. The molecule has 5 nitrogen and oxygen atoms in total. The molecule has 0 saturated carbocycles. The second-order valence-electron chi connectivity index (χ2n) is 9.27. The van der Waals surface area contributed by atoms with Crippen LogP contribution in [-0.2, 0) is 21.4 Å². The van der Waals surface area contributed by atoms with Crippen molar-refractivity contribution in [2.45, 2.75) is 24.3 Å². The molecule has 0 fully saturated rings. The van der Waals surface area contributed by atoms with E-state index in [1.807, 2.05) is 121 Å². The van der Waals surface area contributed by atoms with Crippen molar-refractivity contribution >= 4 is 22.7 Å². The van der Waals surface area contributed by atoms with Gasteiger partial charge in [-0.05, 0) is 28.3 Å². The highest BCUT2D eigenvalue weighted by Crippen LogP contribution is 2.42. The van der Waals surface area contributed by atoms with Crippen LogP contribution in [0.15, 0.2) is 121 Å². The molecule has 4 aromatic carbocycles. The number of hydrogen-bond acceptors (Lipinski definition) is 2. The number of amides is 2. The van der Waals surface area contributed by atoms with Crippen LogP contribution in [0.25, 0.3) is 10.9 Å². The number of aromatic amines is 1. The van der Waals surface area contributed by atoms with E-state index in [0.29, 0.717) is 6.42 Å². The van der Waals surface area contributed by atoms with E-state index in [0.717, 1.165) is 33.2 Å². The number of aromatic nitrogens is 1. The van der Waals surface area contributed by atoms with Crippen molar-refractivity contribution in [1.82, 2.24) is 10.3 Å². The summed E-state index contributed by atoms with van der Waals surface area (Å²) in [6.45, 7) is 0. The van der Waals surface area contributed by atoms with E-state index in [9.17, 15) is 9.59 Å². The second kappa shape index (κ2) is 10.5. The number of nitrogens with one attached hydrogen (secondary N) is 2. The van der Waals surface area contributed by atoms with Gasteiger partial charge in [0, 0.05) is 29.9 Å². The number of nitrogens with two attached hydrogens (primary N) is 1. The fourth-order valence-corrected chi connectivity index (χ4v) is 5.20. The van der Waals surface area contributed by atoms with Crippen LogP contribution in [0, 0.1) is 0 Å². The van der Waals surface area contributed by atoms with Crippen molar-refractivity contribution in [2.75, 3.05) is 0 Å². The summed E-state index contributed by atoms with van der Waals surface area (Å²) in [4.78, 5) is 29.5. The van der Waals surface area contributed by atoms with Crippen LogP contribution in [0.1, 0.15) is 28.7 Å². The van der Waals surface area contributed by atoms with Gasteiger partial charge in [-0.25, -0.2) is 0 Å². The zero-order valence-corrected chi connectivity index (χ0v) is 20.4. The molecular formula is C32H29N3O2. The maximum Gasteiger partial charge on any atom is 0.240 e. The minimum absolute atomic E-state index is 0.114. The fourth-order valence-electron chi connectivity index (χ4n) is 5.20. The van der Waals surface area contributed by atoms with E-state index >= 15 is 0 Å². The molecule has 0 aliphatic heterocycles. The fraction of sp³-hybridized carbons (Fsp3) is 0.125. The zero-order valence-electron chi connectivity index (χ0n) is 20.4. The third-order valence-electron chi connectivity index (χ3n) is 7.00. The molecule has 1 aromatic heterocycles. The number of carbonyl (C=O) groups is 2. The summed E-state index contributed by atoms with van der Waals surface area (Å²) in [7, 11) is 0. The SMILES string of the molecule is NC(=O)[C@@H](Cc1c[nH]c2ccccc12)NC(=O)CC(c1ccccc1)(c1ccccc1)c1ccccc1. The zero-order chi connectivity index (χ0) is 25.7. The van der Waals surface area contributed by atoms with E-state index in [1.165, 1.54) is 0 Å². The van der Waals surface area contributed by atoms with Crippen LogP contribution in [0.5, 0.6) is 0 Å². The molecule has 1 heterocycles. The molecule has 0 unspecified atom stereocenters. The molecule has 0 radical (unpaired) electrons. The molecule has 184 valence electrons. The molecule has 0 aliphatic rings. The van der Waals surface area contributed by atoms with Crippen LogP contribution in [-0.4, -0.2) is 22.8 Å². The Morgan fingerprint density at radius 3 is 1.73 bits per heavy atom. The first-order valence-corrected chi connectivity index (χ1v) is 12.4. The molecule has 37 heavy (non-hydrogen) atoms. The molecule has 4 N–H and O–H groups in total. The molecule has 0 aliphatic carbocycles. The number of rotatable bonds is 9. The smallest absolute Gasteiger partial charge is 0.240 e. The number of hydrogen-bond donors (Lipinski definition) is 3. The highest BCUT2D eigenvalue weighted by atomic mass is 16.2. The summed E-state index contributed by atoms with van der Waals surface area (Å²) in [6.07, 6.45) is 2.29. The standard InChI is InChI=1S/C32H29N3O2/c33-31(37)29(20-23-22-34-28-19-11-10-18-27(23)28)35-30(36)21-32(24-12-4-1-5-13-24,25-14-6-2-7-15-25)26-16-8-3-9-17-26/h1-19,22,29,34H,20-21H2,(H2,33,37)(H,35,36)/t29-/m1/s1. The van der Waals surface area contributed by atoms with Crippen LogP contribution in [0.3, 0.4) is 0 Å². The second-order valence-corrected chi connectivity index (χ2v) is 9.27.